The number of rotatable bonds is 2. The second-order valence-corrected chi connectivity index (χ2v) is 7.22. The second kappa shape index (κ2) is 3.50. The van der Waals surface area contributed by atoms with Gasteiger partial charge < -0.3 is 0 Å². The zero-order valence-electron chi connectivity index (χ0n) is 11.3. The summed E-state index contributed by atoms with van der Waals surface area (Å²) in [5.74, 6) is 2.85. The SMILES string of the molecule is CC1CC12CCC(C(C)(C)C(C)C)CC2. The van der Waals surface area contributed by atoms with Crippen LogP contribution < -0.4 is 0 Å². The first kappa shape index (κ1) is 11.5. The van der Waals surface area contributed by atoms with Crippen molar-refractivity contribution in [3.05, 3.63) is 0 Å². The molecule has 2 aliphatic rings. The van der Waals surface area contributed by atoms with Crippen LogP contribution >= 0.6 is 0 Å². The summed E-state index contributed by atoms with van der Waals surface area (Å²) >= 11 is 0. The monoisotopic (exact) mass is 208 g/mol. The Bertz CT molecular complexity index is 228. The molecular weight excluding hydrogens is 180 g/mol. The van der Waals surface area contributed by atoms with Crippen LogP contribution in [-0.2, 0) is 0 Å². The summed E-state index contributed by atoms with van der Waals surface area (Å²) in [6.45, 7) is 12.2. The van der Waals surface area contributed by atoms with Gasteiger partial charge in [-0.25, -0.2) is 0 Å². The average Bonchev–Trinajstić information content (AvgIpc) is 2.76. The zero-order valence-corrected chi connectivity index (χ0v) is 11.3. The van der Waals surface area contributed by atoms with Crippen LogP contribution in [0.3, 0.4) is 0 Å². The molecule has 0 nitrogen and oxygen atoms in total. The molecule has 0 heterocycles. The predicted octanol–water partition coefficient (Wildman–Crippen LogP) is 4.89. The second-order valence-electron chi connectivity index (χ2n) is 7.22. The van der Waals surface area contributed by atoms with Crippen LogP contribution in [0.5, 0.6) is 0 Å². The maximum atomic E-state index is 2.48. The lowest BCUT2D eigenvalue weighted by atomic mass is 9.63. The largest absolute Gasteiger partial charge is 0.0623 e. The minimum absolute atomic E-state index is 0.555. The minimum Gasteiger partial charge on any atom is -0.0623 e. The van der Waals surface area contributed by atoms with Crippen molar-refractivity contribution in [2.24, 2.45) is 28.6 Å². The van der Waals surface area contributed by atoms with Crippen LogP contribution in [0, 0.1) is 28.6 Å². The number of hydrogen-bond donors (Lipinski definition) is 0. The molecule has 15 heavy (non-hydrogen) atoms. The molecule has 0 aromatic rings. The van der Waals surface area contributed by atoms with Crippen molar-refractivity contribution in [2.45, 2.75) is 66.7 Å². The van der Waals surface area contributed by atoms with Crippen molar-refractivity contribution in [3.63, 3.8) is 0 Å². The third-order valence-corrected chi connectivity index (χ3v) is 6.12. The van der Waals surface area contributed by atoms with Crippen LogP contribution in [0.15, 0.2) is 0 Å². The van der Waals surface area contributed by atoms with Crippen LogP contribution in [0.4, 0.5) is 0 Å². The molecule has 0 aromatic carbocycles. The van der Waals surface area contributed by atoms with Crippen molar-refractivity contribution < 1.29 is 0 Å². The molecule has 0 aromatic heterocycles. The molecule has 0 saturated heterocycles. The smallest absolute Gasteiger partial charge is 0.0269 e. The summed E-state index contributed by atoms with van der Waals surface area (Å²) in [5, 5.41) is 0. The van der Waals surface area contributed by atoms with Gasteiger partial charge in [-0.05, 0) is 60.7 Å². The standard InChI is InChI=1S/C15H28/c1-11(2)14(4,5)13-6-8-15(9-7-13)10-12(15)3/h11-13H,6-10H2,1-5H3. The highest BCUT2D eigenvalue weighted by molar-refractivity contribution is 5.03. The summed E-state index contributed by atoms with van der Waals surface area (Å²) in [4.78, 5) is 0. The first-order valence-corrected chi connectivity index (χ1v) is 6.88. The van der Waals surface area contributed by atoms with Gasteiger partial charge >= 0.3 is 0 Å². The van der Waals surface area contributed by atoms with E-state index in [1.165, 1.54) is 32.1 Å². The highest BCUT2D eigenvalue weighted by Gasteiger charge is 2.53. The molecule has 2 fully saturated rings. The first-order valence-electron chi connectivity index (χ1n) is 6.88. The van der Waals surface area contributed by atoms with Gasteiger partial charge in [-0.15, -0.1) is 0 Å². The Labute approximate surface area is 95.8 Å². The fourth-order valence-corrected chi connectivity index (χ4v) is 3.66. The Morgan fingerprint density at radius 2 is 1.60 bits per heavy atom. The molecule has 0 aliphatic heterocycles. The average molecular weight is 208 g/mol. The topological polar surface area (TPSA) is 0 Å². The van der Waals surface area contributed by atoms with Crippen molar-refractivity contribution in [2.75, 3.05) is 0 Å². The molecule has 2 rings (SSSR count). The predicted molar refractivity (Wildman–Crippen MR) is 66.8 cm³/mol. The van der Waals surface area contributed by atoms with E-state index >= 15 is 0 Å². The first-order chi connectivity index (χ1) is 6.88. The van der Waals surface area contributed by atoms with Gasteiger partial charge in [0, 0.05) is 0 Å². The normalized spacial score (nSPS) is 41.2. The molecule has 0 radical (unpaired) electrons. The lowest BCUT2D eigenvalue weighted by Crippen LogP contribution is -2.33. The molecule has 2 aliphatic carbocycles. The highest BCUT2D eigenvalue weighted by Crippen LogP contribution is 2.63. The van der Waals surface area contributed by atoms with Crippen LogP contribution in [0.2, 0.25) is 0 Å². The van der Waals surface area contributed by atoms with E-state index in [4.69, 9.17) is 0 Å². The Morgan fingerprint density at radius 1 is 1.13 bits per heavy atom. The lowest BCUT2D eigenvalue weighted by Gasteiger charge is -2.42. The molecule has 2 saturated carbocycles. The molecule has 0 heteroatoms. The molecule has 1 atom stereocenters. The van der Waals surface area contributed by atoms with E-state index < -0.39 is 0 Å². The van der Waals surface area contributed by atoms with Crippen LogP contribution in [0.25, 0.3) is 0 Å². The summed E-state index contributed by atoms with van der Waals surface area (Å²) in [6.07, 6.45) is 7.57. The third kappa shape index (κ3) is 1.85. The van der Waals surface area contributed by atoms with Crippen LogP contribution in [0.1, 0.15) is 66.7 Å². The molecule has 0 amide bonds. The third-order valence-electron chi connectivity index (χ3n) is 6.12. The van der Waals surface area contributed by atoms with Gasteiger partial charge in [-0.2, -0.15) is 0 Å². The van der Waals surface area contributed by atoms with Gasteiger partial charge in [0.25, 0.3) is 0 Å². The van der Waals surface area contributed by atoms with Gasteiger partial charge in [0.05, 0.1) is 0 Å². The highest BCUT2D eigenvalue weighted by atomic mass is 14.6. The van der Waals surface area contributed by atoms with Crippen molar-refractivity contribution in [3.8, 4) is 0 Å². The van der Waals surface area contributed by atoms with E-state index in [-0.39, 0.29) is 0 Å². The quantitative estimate of drug-likeness (QED) is 0.606. The van der Waals surface area contributed by atoms with Crippen LogP contribution in [-0.4, -0.2) is 0 Å². The van der Waals surface area contributed by atoms with E-state index in [0.717, 1.165) is 23.2 Å². The molecule has 0 N–H and O–H groups in total. The lowest BCUT2D eigenvalue weighted by molar-refractivity contribution is 0.0772. The Hall–Kier alpha value is 0. The summed E-state index contributed by atoms with van der Waals surface area (Å²) in [5.41, 5.74) is 1.38. The van der Waals surface area contributed by atoms with Crippen molar-refractivity contribution >= 4 is 0 Å². The maximum absolute atomic E-state index is 2.48. The molecule has 1 unspecified atom stereocenters. The summed E-state index contributed by atoms with van der Waals surface area (Å²) in [7, 11) is 0. The van der Waals surface area contributed by atoms with Gasteiger partial charge in [-0.1, -0.05) is 34.6 Å². The summed E-state index contributed by atoms with van der Waals surface area (Å²) in [6, 6.07) is 0. The van der Waals surface area contributed by atoms with Gasteiger partial charge in [0.1, 0.15) is 0 Å². The minimum atomic E-state index is 0.555. The van der Waals surface area contributed by atoms with E-state index in [9.17, 15) is 0 Å². The Balaban J connectivity index is 1.93. The molecule has 1 spiro atoms. The van der Waals surface area contributed by atoms with E-state index in [2.05, 4.69) is 34.6 Å². The fourth-order valence-electron chi connectivity index (χ4n) is 3.66. The van der Waals surface area contributed by atoms with Gasteiger partial charge in [0.15, 0.2) is 0 Å². The summed E-state index contributed by atoms with van der Waals surface area (Å²) < 4.78 is 0. The number of hydrogen-bond acceptors (Lipinski definition) is 0. The van der Waals surface area contributed by atoms with Crippen molar-refractivity contribution in [1.29, 1.82) is 0 Å². The molecular formula is C15H28. The maximum Gasteiger partial charge on any atom is -0.0269 e. The zero-order chi connectivity index (χ0) is 11.3. The van der Waals surface area contributed by atoms with Gasteiger partial charge in [0.2, 0.25) is 0 Å². The van der Waals surface area contributed by atoms with E-state index in [0.29, 0.717) is 5.41 Å². The molecule has 88 valence electrons. The Morgan fingerprint density at radius 3 is 1.93 bits per heavy atom. The van der Waals surface area contributed by atoms with E-state index in [1.54, 1.807) is 0 Å². The Kier molecular flexibility index (Phi) is 2.68. The van der Waals surface area contributed by atoms with Gasteiger partial charge in [-0.3, -0.25) is 0 Å². The fraction of sp³-hybridized carbons (Fsp3) is 1.00. The van der Waals surface area contributed by atoms with Crippen molar-refractivity contribution in [1.82, 2.24) is 0 Å². The molecule has 0 bridgehead atoms. The van der Waals surface area contributed by atoms with E-state index in [1.807, 2.05) is 0 Å².